The molecule has 17 heteroatoms. The van der Waals surface area contributed by atoms with Crippen LogP contribution in [0.15, 0.2) is 36.7 Å². The number of likely N-dealkylation sites (tertiary alicyclic amines) is 2. The summed E-state index contributed by atoms with van der Waals surface area (Å²) in [6.45, 7) is 8.59. The molecular weight excluding hydrogens is 733 g/mol. The number of rotatable bonds is 12. The highest BCUT2D eigenvalue weighted by molar-refractivity contribution is 6.10. The Morgan fingerprint density at radius 3 is 1.77 bits per heavy atom. The van der Waals surface area contributed by atoms with Gasteiger partial charge in [-0.2, -0.15) is 0 Å². The lowest BCUT2D eigenvalue weighted by atomic mass is 10.0. The molecule has 4 unspecified atom stereocenters. The summed E-state index contributed by atoms with van der Waals surface area (Å²) in [4.78, 5) is 90.7. The maximum absolute atomic E-state index is 13.7. The molecule has 302 valence electrons. The first-order valence-electron chi connectivity index (χ1n) is 19.4. The number of hydrogen-bond donors (Lipinski definition) is 6. The van der Waals surface area contributed by atoms with E-state index in [1.54, 1.807) is 16.0 Å². The van der Waals surface area contributed by atoms with Gasteiger partial charge in [0.15, 0.2) is 0 Å². The van der Waals surface area contributed by atoms with E-state index in [0.29, 0.717) is 49.0 Å². The Morgan fingerprint density at radius 1 is 0.684 bits per heavy atom. The van der Waals surface area contributed by atoms with Crippen molar-refractivity contribution in [2.45, 2.75) is 84.0 Å². The molecule has 2 fully saturated rings. The van der Waals surface area contributed by atoms with Crippen molar-refractivity contribution < 1.29 is 33.4 Å². The second-order valence-electron chi connectivity index (χ2n) is 15.6. The maximum atomic E-state index is 13.7. The molecular formula is C40H50N10O7. The van der Waals surface area contributed by atoms with Gasteiger partial charge in [-0.1, -0.05) is 27.7 Å². The van der Waals surface area contributed by atoms with Crippen molar-refractivity contribution in [2.75, 3.05) is 27.3 Å². The monoisotopic (exact) mass is 782 g/mol. The maximum Gasteiger partial charge on any atom is 0.407 e. The number of imidazole rings is 2. The summed E-state index contributed by atoms with van der Waals surface area (Å²) in [5, 5.41) is 7.17. The predicted octanol–water partition coefficient (Wildman–Crippen LogP) is 5.01. The molecule has 17 nitrogen and oxygen atoms in total. The third kappa shape index (κ3) is 7.95. The summed E-state index contributed by atoms with van der Waals surface area (Å²) in [5.41, 5.74) is 4.28. The van der Waals surface area contributed by atoms with E-state index in [1.165, 1.54) is 20.4 Å². The summed E-state index contributed by atoms with van der Waals surface area (Å²) in [6.07, 6.45) is 5.60. The summed E-state index contributed by atoms with van der Waals surface area (Å²) in [7, 11) is 2.54. The molecule has 0 bridgehead atoms. The molecule has 2 aliphatic rings. The average Bonchev–Trinajstić information content (AvgIpc) is 4.04. The second kappa shape index (κ2) is 16.2. The molecule has 0 spiro atoms. The molecule has 4 atom stereocenters. The SMILES string of the molecule is COC(=O)NC(C(=O)N1CCCC1c1ncc(Cc2cc3cc4[nH]c(C(=O)c5cnc(C6CCCN6C(=O)C(NC(=O)OC)C(C)C)[nH]5)cc4cc3[nH]2)[nH]1)C(C)C. The highest BCUT2D eigenvalue weighted by Gasteiger charge is 2.39. The van der Waals surface area contributed by atoms with Gasteiger partial charge in [0, 0.05) is 58.9 Å². The van der Waals surface area contributed by atoms with Crippen LogP contribution in [0, 0.1) is 11.8 Å². The van der Waals surface area contributed by atoms with Crippen LogP contribution in [0.4, 0.5) is 9.59 Å². The number of nitrogens with one attached hydrogen (secondary N) is 6. The number of ketones is 1. The number of fused-ring (bicyclic) bond motifs is 2. The molecule has 0 saturated carbocycles. The van der Waals surface area contributed by atoms with Crippen molar-refractivity contribution in [3.8, 4) is 0 Å². The Labute approximate surface area is 329 Å². The lowest BCUT2D eigenvalue weighted by Crippen LogP contribution is -2.51. The molecule has 0 radical (unpaired) electrons. The summed E-state index contributed by atoms with van der Waals surface area (Å²) < 4.78 is 9.48. The van der Waals surface area contributed by atoms with Crippen molar-refractivity contribution in [3.63, 3.8) is 0 Å². The number of aromatic nitrogens is 6. The number of aromatic amines is 4. The van der Waals surface area contributed by atoms with Crippen molar-refractivity contribution in [2.24, 2.45) is 11.8 Å². The fourth-order valence-corrected chi connectivity index (χ4v) is 8.03. The molecule has 4 amide bonds. The number of carbonyl (C=O) groups is 5. The van der Waals surface area contributed by atoms with Crippen molar-refractivity contribution in [1.29, 1.82) is 0 Å². The van der Waals surface area contributed by atoms with Gasteiger partial charge < -0.3 is 49.8 Å². The normalized spacial score (nSPS) is 18.1. The van der Waals surface area contributed by atoms with E-state index >= 15 is 0 Å². The fraction of sp³-hybridized carbons (Fsp3) is 0.475. The molecule has 6 heterocycles. The largest absolute Gasteiger partial charge is 0.453 e. The molecule has 7 rings (SSSR count). The standard InChI is InChI=1S/C40H50N10O7/c1-20(2)32(47-39(54)56-5)37(52)49-11-7-9-30(49)35-41-18-25(44-35)17-24-13-22-14-27-23(15-26(22)43-24)16-28(45-27)34(51)29-19-42-36(46-29)31-10-8-12-50(31)38(53)33(21(3)4)48-40(55)57-6/h13-16,18-21,30-33,43,45H,7-12,17H2,1-6H3,(H,41,44)(H,42,46)(H,47,54)(H,48,55). The van der Waals surface area contributed by atoms with Crippen molar-refractivity contribution in [1.82, 2.24) is 50.3 Å². The Bertz CT molecular complexity index is 2250. The highest BCUT2D eigenvalue weighted by Crippen LogP contribution is 2.34. The smallest absolute Gasteiger partial charge is 0.407 e. The zero-order chi connectivity index (χ0) is 40.5. The average molecular weight is 783 g/mol. The van der Waals surface area contributed by atoms with E-state index in [9.17, 15) is 24.0 Å². The van der Waals surface area contributed by atoms with Gasteiger partial charge in [0.2, 0.25) is 17.6 Å². The van der Waals surface area contributed by atoms with E-state index in [-0.39, 0.29) is 41.5 Å². The number of benzene rings is 1. The predicted molar refractivity (Wildman–Crippen MR) is 209 cm³/mol. The minimum absolute atomic E-state index is 0.118. The zero-order valence-corrected chi connectivity index (χ0v) is 33.0. The fourth-order valence-electron chi connectivity index (χ4n) is 8.03. The third-order valence-corrected chi connectivity index (χ3v) is 11.0. The number of hydrogen-bond acceptors (Lipinski definition) is 9. The lowest BCUT2D eigenvalue weighted by Gasteiger charge is -2.30. The first-order valence-corrected chi connectivity index (χ1v) is 19.4. The van der Waals surface area contributed by atoms with Crippen molar-refractivity contribution in [3.05, 3.63) is 71.1 Å². The van der Waals surface area contributed by atoms with Crippen LogP contribution in [-0.4, -0.2) is 109 Å². The zero-order valence-electron chi connectivity index (χ0n) is 33.0. The van der Waals surface area contributed by atoms with Gasteiger partial charge in [-0.25, -0.2) is 19.6 Å². The van der Waals surface area contributed by atoms with Crippen LogP contribution in [-0.2, 0) is 25.5 Å². The summed E-state index contributed by atoms with van der Waals surface area (Å²) in [6, 6.07) is 5.85. The van der Waals surface area contributed by atoms with Gasteiger partial charge in [0.05, 0.1) is 38.2 Å². The number of nitrogens with zero attached hydrogens (tertiary/aromatic N) is 4. The van der Waals surface area contributed by atoms with Crippen LogP contribution in [0.2, 0.25) is 0 Å². The number of alkyl carbamates (subject to hydrolysis) is 2. The van der Waals surface area contributed by atoms with Gasteiger partial charge in [0.25, 0.3) is 0 Å². The topological polar surface area (TPSA) is 223 Å². The Kier molecular flexibility index (Phi) is 11.1. The minimum atomic E-state index is -0.754. The molecule has 2 saturated heterocycles. The summed E-state index contributed by atoms with van der Waals surface area (Å²) in [5.74, 6) is 0.326. The van der Waals surface area contributed by atoms with E-state index < -0.39 is 24.3 Å². The first kappa shape index (κ1) is 39.1. The number of methoxy groups -OCH3 is 2. The van der Waals surface area contributed by atoms with Crippen molar-refractivity contribution >= 4 is 51.6 Å². The highest BCUT2D eigenvalue weighted by atomic mass is 16.5. The van der Waals surface area contributed by atoms with E-state index in [4.69, 9.17) is 9.47 Å². The van der Waals surface area contributed by atoms with Crippen LogP contribution in [0.25, 0.3) is 21.8 Å². The van der Waals surface area contributed by atoms with Crippen LogP contribution in [0.1, 0.15) is 105 Å². The number of carbonyl (C=O) groups excluding carboxylic acids is 5. The molecule has 6 N–H and O–H groups in total. The lowest BCUT2D eigenvalue weighted by molar-refractivity contribution is -0.136. The Balaban J connectivity index is 1.02. The molecule has 1 aromatic carbocycles. The first-order chi connectivity index (χ1) is 27.3. The van der Waals surface area contributed by atoms with Gasteiger partial charge in [-0.05, 0) is 61.8 Å². The number of ether oxygens (including phenoxy) is 2. The molecule has 2 aliphatic heterocycles. The van der Waals surface area contributed by atoms with E-state index in [2.05, 4.69) is 46.6 Å². The van der Waals surface area contributed by atoms with E-state index in [1.807, 2.05) is 45.9 Å². The molecule has 4 aromatic heterocycles. The summed E-state index contributed by atoms with van der Waals surface area (Å²) >= 11 is 0. The minimum Gasteiger partial charge on any atom is -0.453 e. The molecule has 5 aromatic rings. The number of amides is 4. The Morgan fingerprint density at radius 2 is 1.21 bits per heavy atom. The van der Waals surface area contributed by atoms with Crippen LogP contribution >= 0.6 is 0 Å². The van der Waals surface area contributed by atoms with Crippen LogP contribution < -0.4 is 10.6 Å². The van der Waals surface area contributed by atoms with Crippen LogP contribution in [0.3, 0.4) is 0 Å². The number of H-pyrrole nitrogens is 4. The van der Waals surface area contributed by atoms with Gasteiger partial charge >= 0.3 is 12.2 Å². The van der Waals surface area contributed by atoms with Crippen LogP contribution in [0.5, 0.6) is 0 Å². The van der Waals surface area contributed by atoms with Gasteiger partial charge in [-0.3, -0.25) is 14.4 Å². The second-order valence-corrected chi connectivity index (χ2v) is 15.6. The molecule has 57 heavy (non-hydrogen) atoms. The third-order valence-electron chi connectivity index (χ3n) is 11.0. The Hall–Kier alpha value is -6.13. The molecule has 0 aliphatic carbocycles. The van der Waals surface area contributed by atoms with Gasteiger partial charge in [0.1, 0.15) is 29.4 Å². The quantitative estimate of drug-likeness (QED) is 0.0936. The van der Waals surface area contributed by atoms with Gasteiger partial charge in [-0.15, -0.1) is 0 Å². The van der Waals surface area contributed by atoms with E-state index in [0.717, 1.165) is 52.5 Å².